The number of nitrogens with zero attached hydrogens (tertiary/aromatic N) is 2. The van der Waals surface area contributed by atoms with Crippen LogP contribution >= 0.6 is 0 Å². The van der Waals surface area contributed by atoms with Crippen LogP contribution in [0.1, 0.15) is 49.5 Å². The first-order valence-corrected chi connectivity index (χ1v) is 9.86. The highest BCUT2D eigenvalue weighted by molar-refractivity contribution is 5.98. The first-order chi connectivity index (χ1) is 14.3. The molecule has 0 aromatic heterocycles. The molecule has 7 nitrogen and oxygen atoms in total. The molecule has 0 N–H and O–H groups in total. The summed E-state index contributed by atoms with van der Waals surface area (Å²) in [6.07, 6.45) is -5.62. The number of carbonyl (C=O) groups excluding carboxylic acids is 3. The van der Waals surface area contributed by atoms with E-state index in [4.69, 9.17) is 4.74 Å². The molecule has 0 unspecified atom stereocenters. The number of piperazine rings is 1. The van der Waals surface area contributed by atoms with Gasteiger partial charge in [-0.25, -0.2) is 4.79 Å². The average molecular weight is 444 g/mol. The first-order valence-electron chi connectivity index (χ1n) is 9.86. The number of ketones is 1. The fourth-order valence-corrected chi connectivity index (χ4v) is 3.13. The summed E-state index contributed by atoms with van der Waals surface area (Å²) in [5, 5.41) is 0. The molecule has 0 bridgehead atoms. The number of rotatable bonds is 5. The van der Waals surface area contributed by atoms with Crippen molar-refractivity contribution in [2.45, 2.75) is 45.4 Å². The summed E-state index contributed by atoms with van der Waals surface area (Å²) >= 11 is 0. The third kappa shape index (κ3) is 6.86. The Bertz CT molecular complexity index is 825. The molecule has 1 aromatic rings. The zero-order valence-electron chi connectivity index (χ0n) is 18.0. The van der Waals surface area contributed by atoms with Crippen LogP contribution in [0.3, 0.4) is 0 Å². The number of alkyl halides is 3. The predicted octanol–water partition coefficient (Wildman–Crippen LogP) is 3.90. The molecule has 0 radical (unpaired) electrons. The zero-order valence-corrected chi connectivity index (χ0v) is 18.0. The SMILES string of the molecule is COC(=O)CCC(=O)c1ccc(N2CCN(C(=O)OC(C)(C)C)CC2)c(C(F)(F)F)c1. The molecule has 0 saturated carbocycles. The Morgan fingerprint density at radius 1 is 1.00 bits per heavy atom. The maximum absolute atomic E-state index is 13.7. The van der Waals surface area contributed by atoms with Crippen LogP contribution < -0.4 is 4.90 Å². The lowest BCUT2D eigenvalue weighted by Gasteiger charge is -2.37. The predicted molar refractivity (Wildman–Crippen MR) is 107 cm³/mol. The van der Waals surface area contributed by atoms with E-state index in [1.165, 1.54) is 29.0 Å². The Kier molecular flexibility index (Phi) is 7.56. The number of esters is 1. The van der Waals surface area contributed by atoms with E-state index in [0.717, 1.165) is 6.07 Å². The second-order valence-corrected chi connectivity index (χ2v) is 8.18. The summed E-state index contributed by atoms with van der Waals surface area (Å²) in [4.78, 5) is 38.6. The summed E-state index contributed by atoms with van der Waals surface area (Å²) in [5.41, 5.74) is -1.76. The van der Waals surface area contributed by atoms with Crippen molar-refractivity contribution in [3.8, 4) is 0 Å². The van der Waals surface area contributed by atoms with Gasteiger partial charge in [-0.1, -0.05) is 0 Å². The van der Waals surface area contributed by atoms with Crippen molar-refractivity contribution in [3.63, 3.8) is 0 Å². The molecule has 1 amide bonds. The number of halogens is 3. The lowest BCUT2D eigenvalue weighted by atomic mass is 10.0. The monoisotopic (exact) mass is 444 g/mol. The Morgan fingerprint density at radius 2 is 1.61 bits per heavy atom. The number of benzene rings is 1. The highest BCUT2D eigenvalue weighted by Gasteiger charge is 2.37. The summed E-state index contributed by atoms with van der Waals surface area (Å²) in [7, 11) is 1.17. The minimum atomic E-state index is -4.67. The average Bonchev–Trinajstić information content (AvgIpc) is 2.69. The fraction of sp³-hybridized carbons (Fsp3) is 0.571. The van der Waals surface area contributed by atoms with Crippen molar-refractivity contribution < 1.29 is 37.0 Å². The molecule has 1 aliphatic heterocycles. The number of methoxy groups -OCH3 is 1. The molecule has 1 saturated heterocycles. The van der Waals surface area contributed by atoms with Crippen molar-refractivity contribution in [2.75, 3.05) is 38.2 Å². The maximum atomic E-state index is 13.7. The van der Waals surface area contributed by atoms with Gasteiger partial charge in [0.25, 0.3) is 0 Å². The summed E-state index contributed by atoms with van der Waals surface area (Å²) in [5.74, 6) is -1.18. The Labute approximate surface area is 179 Å². The van der Waals surface area contributed by atoms with Crippen molar-refractivity contribution in [1.82, 2.24) is 4.90 Å². The smallest absolute Gasteiger partial charge is 0.418 e. The minimum Gasteiger partial charge on any atom is -0.469 e. The van der Waals surface area contributed by atoms with Crippen molar-refractivity contribution in [3.05, 3.63) is 29.3 Å². The Balaban J connectivity index is 2.15. The standard InChI is InChI=1S/C21H27F3N2O5/c1-20(2,3)31-19(29)26-11-9-25(10-12-26)16-6-5-14(13-15(16)21(22,23)24)17(27)7-8-18(28)30-4/h5-6,13H,7-12H2,1-4H3. The van der Waals surface area contributed by atoms with Gasteiger partial charge in [0, 0.05) is 43.9 Å². The molecule has 0 spiro atoms. The molecule has 0 atom stereocenters. The quantitative estimate of drug-likeness (QED) is 0.507. The normalized spacial score (nSPS) is 14.9. The van der Waals surface area contributed by atoms with E-state index in [1.54, 1.807) is 20.8 Å². The van der Waals surface area contributed by atoms with Gasteiger partial charge in [-0.3, -0.25) is 9.59 Å². The van der Waals surface area contributed by atoms with Crippen molar-refractivity contribution in [1.29, 1.82) is 0 Å². The molecular formula is C21H27F3N2O5. The summed E-state index contributed by atoms with van der Waals surface area (Å²) in [6.45, 7) is 6.04. The van der Waals surface area contributed by atoms with Crippen LogP contribution in [0, 0.1) is 0 Å². The zero-order chi connectivity index (χ0) is 23.4. The second-order valence-electron chi connectivity index (χ2n) is 8.18. The van der Waals surface area contributed by atoms with Crippen LogP contribution in [-0.4, -0.2) is 61.6 Å². The van der Waals surface area contributed by atoms with Gasteiger partial charge in [0.05, 0.1) is 19.1 Å². The minimum absolute atomic E-state index is 0.0548. The molecule has 10 heteroatoms. The van der Waals surface area contributed by atoms with E-state index in [2.05, 4.69) is 4.74 Å². The number of hydrogen-bond donors (Lipinski definition) is 0. The van der Waals surface area contributed by atoms with Crippen molar-refractivity contribution in [2.24, 2.45) is 0 Å². The highest BCUT2D eigenvalue weighted by Crippen LogP contribution is 2.38. The van der Waals surface area contributed by atoms with Gasteiger partial charge in [-0.15, -0.1) is 0 Å². The number of amides is 1. The van der Waals surface area contributed by atoms with Crippen LogP contribution in [0.5, 0.6) is 0 Å². The molecule has 0 aliphatic carbocycles. The molecule has 1 fully saturated rings. The van der Waals surface area contributed by atoms with Gasteiger partial charge < -0.3 is 19.3 Å². The molecule has 31 heavy (non-hydrogen) atoms. The fourth-order valence-electron chi connectivity index (χ4n) is 3.13. The van der Waals surface area contributed by atoms with E-state index in [-0.39, 0.29) is 50.3 Å². The van der Waals surface area contributed by atoms with Gasteiger partial charge in [0.2, 0.25) is 0 Å². The lowest BCUT2D eigenvalue weighted by molar-refractivity contribution is -0.140. The molecule has 1 aliphatic rings. The van der Waals surface area contributed by atoms with Crippen LogP contribution in [0.2, 0.25) is 0 Å². The van der Waals surface area contributed by atoms with Crippen LogP contribution in [0.4, 0.5) is 23.7 Å². The first kappa shape index (κ1) is 24.5. The van der Waals surface area contributed by atoms with Gasteiger partial charge in [0.15, 0.2) is 5.78 Å². The van der Waals surface area contributed by atoms with E-state index in [1.807, 2.05) is 0 Å². The lowest BCUT2D eigenvalue weighted by Crippen LogP contribution is -2.50. The highest BCUT2D eigenvalue weighted by atomic mass is 19.4. The number of anilines is 1. The Morgan fingerprint density at radius 3 is 2.13 bits per heavy atom. The van der Waals surface area contributed by atoms with Gasteiger partial charge in [0.1, 0.15) is 5.60 Å². The molecule has 2 rings (SSSR count). The van der Waals surface area contributed by atoms with Gasteiger partial charge in [-0.2, -0.15) is 13.2 Å². The number of hydrogen-bond acceptors (Lipinski definition) is 6. The third-order valence-electron chi connectivity index (χ3n) is 4.68. The topological polar surface area (TPSA) is 76.2 Å². The maximum Gasteiger partial charge on any atom is 0.418 e. The molecule has 1 aromatic carbocycles. The Hall–Kier alpha value is -2.78. The second kappa shape index (κ2) is 9.57. The summed E-state index contributed by atoms with van der Waals surface area (Å²) in [6, 6.07) is 3.40. The van der Waals surface area contributed by atoms with E-state index in [9.17, 15) is 27.6 Å². The van der Waals surface area contributed by atoms with E-state index >= 15 is 0 Å². The number of ether oxygens (including phenoxy) is 2. The third-order valence-corrected chi connectivity index (χ3v) is 4.68. The van der Waals surface area contributed by atoms with Gasteiger partial charge >= 0.3 is 18.2 Å². The molecular weight excluding hydrogens is 417 g/mol. The molecule has 172 valence electrons. The number of Topliss-reactive ketones (excluding diaryl/α,β-unsaturated/α-hetero) is 1. The van der Waals surface area contributed by atoms with Crippen molar-refractivity contribution >= 4 is 23.5 Å². The largest absolute Gasteiger partial charge is 0.469 e. The van der Waals surface area contributed by atoms with Crippen LogP contribution in [-0.2, 0) is 20.4 Å². The summed E-state index contributed by atoms with van der Waals surface area (Å²) < 4.78 is 50.9. The molecule has 1 heterocycles. The van der Waals surface area contributed by atoms with E-state index < -0.39 is 35.2 Å². The van der Waals surface area contributed by atoms with Crippen LogP contribution in [0.25, 0.3) is 0 Å². The van der Waals surface area contributed by atoms with E-state index in [0.29, 0.717) is 0 Å². The number of carbonyl (C=O) groups is 3. The van der Waals surface area contributed by atoms with Gasteiger partial charge in [-0.05, 0) is 39.0 Å². The van der Waals surface area contributed by atoms with Crippen LogP contribution in [0.15, 0.2) is 18.2 Å².